The van der Waals surface area contributed by atoms with Crippen LogP contribution < -0.4 is 0 Å². The molecule has 1 aromatic rings. The summed E-state index contributed by atoms with van der Waals surface area (Å²) in [5.41, 5.74) is 0. The maximum atomic E-state index is 2.33. The predicted molar refractivity (Wildman–Crippen MR) is 56.9 cm³/mol. The Hall–Kier alpha value is -0.300. The molecule has 1 atom stereocenters. The fraction of sp³-hybridized carbons (Fsp3) is 0.636. The summed E-state index contributed by atoms with van der Waals surface area (Å²) in [6.45, 7) is 4.59. The smallest absolute Gasteiger partial charge is 0.00734 e. The van der Waals surface area contributed by atoms with E-state index in [0.29, 0.717) is 0 Å². The van der Waals surface area contributed by atoms with Gasteiger partial charge in [-0.25, -0.2) is 0 Å². The minimum absolute atomic E-state index is 0.775. The van der Waals surface area contributed by atoms with Gasteiger partial charge in [-0.2, -0.15) is 0 Å². The van der Waals surface area contributed by atoms with Gasteiger partial charge in [-0.3, -0.25) is 0 Å². The van der Waals surface area contributed by atoms with Crippen LogP contribution in [0.2, 0.25) is 0 Å². The van der Waals surface area contributed by atoms with Crippen LogP contribution >= 0.6 is 11.3 Å². The van der Waals surface area contributed by atoms with E-state index in [1.165, 1.54) is 25.7 Å². The van der Waals surface area contributed by atoms with Crippen molar-refractivity contribution >= 4 is 11.3 Å². The molecule has 0 aliphatic heterocycles. The molecule has 0 saturated carbocycles. The van der Waals surface area contributed by atoms with Crippen LogP contribution in [0.1, 0.15) is 50.3 Å². The lowest BCUT2D eigenvalue weighted by Gasteiger charge is -2.07. The van der Waals surface area contributed by atoms with Gasteiger partial charge >= 0.3 is 0 Å². The van der Waals surface area contributed by atoms with Crippen molar-refractivity contribution < 1.29 is 0 Å². The second-order valence-electron chi connectivity index (χ2n) is 3.41. The van der Waals surface area contributed by atoms with E-state index in [2.05, 4.69) is 31.4 Å². The van der Waals surface area contributed by atoms with Gasteiger partial charge < -0.3 is 0 Å². The summed E-state index contributed by atoms with van der Waals surface area (Å²) in [5, 5.41) is 2.17. The quantitative estimate of drug-likeness (QED) is 0.591. The van der Waals surface area contributed by atoms with Crippen molar-refractivity contribution in [2.45, 2.75) is 45.4 Å². The average molecular weight is 182 g/mol. The van der Waals surface area contributed by atoms with Crippen LogP contribution in [-0.4, -0.2) is 0 Å². The summed E-state index contributed by atoms with van der Waals surface area (Å²) >= 11 is 1.89. The topological polar surface area (TPSA) is 0 Å². The second-order valence-corrected chi connectivity index (χ2v) is 4.39. The summed E-state index contributed by atoms with van der Waals surface area (Å²) in [5.74, 6) is 0.775. The van der Waals surface area contributed by atoms with Gasteiger partial charge in [0.15, 0.2) is 0 Å². The zero-order chi connectivity index (χ0) is 8.81. The number of unbranched alkanes of at least 4 members (excludes halogenated alkanes) is 2. The first-order valence-corrected chi connectivity index (χ1v) is 5.76. The van der Waals surface area contributed by atoms with E-state index in [4.69, 9.17) is 0 Å². The predicted octanol–water partition coefficient (Wildman–Crippen LogP) is 4.43. The van der Waals surface area contributed by atoms with E-state index < -0.39 is 0 Å². The van der Waals surface area contributed by atoms with Crippen molar-refractivity contribution in [1.29, 1.82) is 0 Å². The molecule has 1 unspecified atom stereocenters. The van der Waals surface area contributed by atoms with Crippen molar-refractivity contribution in [3.63, 3.8) is 0 Å². The molecule has 1 heteroatoms. The fourth-order valence-corrected chi connectivity index (χ4v) is 2.24. The Kier molecular flexibility index (Phi) is 4.37. The third kappa shape index (κ3) is 2.98. The lowest BCUT2D eigenvalue weighted by atomic mass is 10.0. The van der Waals surface area contributed by atoms with Crippen LogP contribution in [0.3, 0.4) is 0 Å². The minimum Gasteiger partial charge on any atom is -0.149 e. The zero-order valence-electron chi connectivity index (χ0n) is 8.05. The third-order valence-corrected chi connectivity index (χ3v) is 3.37. The van der Waals surface area contributed by atoms with Crippen LogP contribution in [-0.2, 0) is 0 Å². The Morgan fingerprint density at radius 2 is 2.25 bits per heavy atom. The highest BCUT2D eigenvalue weighted by Crippen LogP contribution is 2.25. The van der Waals surface area contributed by atoms with Crippen LogP contribution in [0.15, 0.2) is 17.5 Å². The molecule has 12 heavy (non-hydrogen) atoms. The van der Waals surface area contributed by atoms with Gasteiger partial charge in [0.1, 0.15) is 0 Å². The van der Waals surface area contributed by atoms with Crippen molar-refractivity contribution in [2.24, 2.45) is 0 Å². The van der Waals surface area contributed by atoms with E-state index in [1.807, 2.05) is 11.3 Å². The Balaban J connectivity index is 2.25. The first-order chi connectivity index (χ1) is 5.84. The molecular formula is C11H18S. The molecule has 0 saturated heterocycles. The van der Waals surface area contributed by atoms with Gasteiger partial charge in [-0.1, -0.05) is 39.2 Å². The van der Waals surface area contributed by atoms with Crippen LogP contribution in [0, 0.1) is 0 Å². The maximum Gasteiger partial charge on any atom is 0.00734 e. The highest BCUT2D eigenvalue weighted by Gasteiger charge is 2.04. The van der Waals surface area contributed by atoms with E-state index in [1.54, 1.807) is 4.88 Å². The van der Waals surface area contributed by atoms with Crippen molar-refractivity contribution in [2.75, 3.05) is 0 Å². The SMILES string of the molecule is CCCCCC(C)c1cccs1. The summed E-state index contributed by atoms with van der Waals surface area (Å²) in [6.07, 6.45) is 5.46. The maximum absolute atomic E-state index is 2.33. The first-order valence-electron chi connectivity index (χ1n) is 4.88. The highest BCUT2D eigenvalue weighted by molar-refractivity contribution is 7.10. The molecule has 0 spiro atoms. The first kappa shape index (κ1) is 9.79. The van der Waals surface area contributed by atoms with E-state index in [0.717, 1.165) is 5.92 Å². The number of hydrogen-bond donors (Lipinski definition) is 0. The Bertz CT molecular complexity index is 189. The fourth-order valence-electron chi connectivity index (χ4n) is 1.41. The summed E-state index contributed by atoms with van der Waals surface area (Å²) in [4.78, 5) is 1.55. The largest absolute Gasteiger partial charge is 0.149 e. The summed E-state index contributed by atoms with van der Waals surface area (Å²) < 4.78 is 0. The third-order valence-electron chi connectivity index (χ3n) is 2.27. The van der Waals surface area contributed by atoms with E-state index >= 15 is 0 Å². The summed E-state index contributed by atoms with van der Waals surface area (Å²) in [6, 6.07) is 4.40. The molecule has 1 rings (SSSR count). The molecule has 1 aromatic heterocycles. The molecule has 0 radical (unpaired) electrons. The van der Waals surface area contributed by atoms with Gasteiger partial charge in [-0.05, 0) is 23.8 Å². The van der Waals surface area contributed by atoms with Gasteiger partial charge in [0.05, 0.1) is 0 Å². The number of hydrogen-bond acceptors (Lipinski definition) is 1. The van der Waals surface area contributed by atoms with Crippen molar-refractivity contribution in [1.82, 2.24) is 0 Å². The number of rotatable bonds is 5. The van der Waals surface area contributed by atoms with Gasteiger partial charge in [0.2, 0.25) is 0 Å². The molecule has 0 amide bonds. The van der Waals surface area contributed by atoms with Gasteiger partial charge in [0, 0.05) is 4.88 Å². The molecule has 68 valence electrons. The van der Waals surface area contributed by atoms with E-state index in [-0.39, 0.29) is 0 Å². The van der Waals surface area contributed by atoms with E-state index in [9.17, 15) is 0 Å². The lowest BCUT2D eigenvalue weighted by Crippen LogP contribution is -1.89. The standard InChI is InChI=1S/C11H18S/c1-3-4-5-7-10(2)11-8-6-9-12-11/h6,8-10H,3-5,7H2,1-2H3. The molecule has 0 bridgehead atoms. The molecule has 0 fully saturated rings. The van der Waals surface area contributed by atoms with Crippen molar-refractivity contribution in [3.05, 3.63) is 22.4 Å². The highest BCUT2D eigenvalue weighted by atomic mass is 32.1. The normalized spacial score (nSPS) is 13.2. The Morgan fingerprint density at radius 3 is 2.83 bits per heavy atom. The molecule has 1 heterocycles. The minimum atomic E-state index is 0.775. The zero-order valence-corrected chi connectivity index (χ0v) is 8.86. The lowest BCUT2D eigenvalue weighted by molar-refractivity contribution is 0.604. The van der Waals surface area contributed by atoms with Crippen LogP contribution in [0.5, 0.6) is 0 Å². The molecule has 0 aliphatic rings. The monoisotopic (exact) mass is 182 g/mol. The Morgan fingerprint density at radius 1 is 1.42 bits per heavy atom. The molecule has 0 nitrogen and oxygen atoms in total. The van der Waals surface area contributed by atoms with Crippen LogP contribution in [0.25, 0.3) is 0 Å². The molecule has 0 aromatic carbocycles. The second kappa shape index (κ2) is 5.36. The molecule has 0 aliphatic carbocycles. The number of thiophene rings is 1. The van der Waals surface area contributed by atoms with Crippen LogP contribution in [0.4, 0.5) is 0 Å². The van der Waals surface area contributed by atoms with Gasteiger partial charge in [-0.15, -0.1) is 11.3 Å². The van der Waals surface area contributed by atoms with Gasteiger partial charge in [0.25, 0.3) is 0 Å². The molecular weight excluding hydrogens is 164 g/mol. The summed E-state index contributed by atoms with van der Waals surface area (Å²) in [7, 11) is 0. The average Bonchev–Trinajstić information content (AvgIpc) is 2.56. The van der Waals surface area contributed by atoms with Crippen molar-refractivity contribution in [3.8, 4) is 0 Å². The Labute approximate surface area is 79.6 Å². The molecule has 0 N–H and O–H groups in total.